The molecule has 2 amide bonds. The third-order valence-corrected chi connectivity index (χ3v) is 3.21. The van der Waals surface area contributed by atoms with Crippen LogP contribution in [0.25, 0.3) is 24.1 Å². The molecule has 2 N–H and O–H groups in total. The third-order valence-electron chi connectivity index (χ3n) is 3.21. The van der Waals surface area contributed by atoms with Crippen LogP contribution in [0.4, 0.5) is 0 Å². The van der Waals surface area contributed by atoms with Gasteiger partial charge in [-0.15, -0.1) is 0 Å². The van der Waals surface area contributed by atoms with Gasteiger partial charge >= 0.3 is 0 Å². The number of imide groups is 1. The molecule has 4 heterocycles. The van der Waals surface area contributed by atoms with E-state index in [0.29, 0.717) is 5.56 Å². The van der Waals surface area contributed by atoms with Gasteiger partial charge in [-0.25, -0.2) is 0 Å². The summed E-state index contributed by atoms with van der Waals surface area (Å²) < 4.78 is 0. The van der Waals surface area contributed by atoms with E-state index in [-0.39, 0.29) is 11.6 Å². The number of nitrogens with one attached hydrogen (secondary N) is 2. The molecule has 1 aliphatic rings. The van der Waals surface area contributed by atoms with Crippen LogP contribution in [0.1, 0.15) is 20.8 Å². The molecule has 0 fully saturated rings. The van der Waals surface area contributed by atoms with Gasteiger partial charge in [0, 0.05) is 23.1 Å². The summed E-state index contributed by atoms with van der Waals surface area (Å²) in [6, 6.07) is 7.07. The zero-order valence-electron chi connectivity index (χ0n) is 11.6. The smallest absolute Gasteiger partial charge is 0.277 e. The Bertz CT molecular complexity index is 914. The molecule has 0 saturated heterocycles. The lowest BCUT2D eigenvalue weighted by Crippen LogP contribution is -2.20. The van der Waals surface area contributed by atoms with E-state index < -0.39 is 5.91 Å². The summed E-state index contributed by atoms with van der Waals surface area (Å²) in [4.78, 5) is 32.7. The van der Waals surface area contributed by atoms with Gasteiger partial charge in [-0.05, 0) is 24.3 Å². The normalized spacial score (nSPS) is 12.5. The van der Waals surface area contributed by atoms with Crippen LogP contribution in [-0.2, 0) is 0 Å². The Morgan fingerprint density at radius 1 is 0.909 bits per heavy atom. The number of H-pyrrole nitrogens is 1. The maximum Gasteiger partial charge on any atom is 0.277 e. The van der Waals surface area contributed by atoms with Gasteiger partial charge in [-0.1, -0.05) is 13.2 Å². The molecular weight excluding hydrogens is 280 g/mol. The van der Waals surface area contributed by atoms with Crippen LogP contribution in [0.3, 0.4) is 0 Å². The van der Waals surface area contributed by atoms with Crippen molar-refractivity contribution < 1.29 is 9.59 Å². The monoisotopic (exact) mass is 292 g/mol. The standard InChI is InChI=1S/C9H8N2.C7H4N2O2/c1-6-8-4-3-5-10-9(8)7(2)11-6;10-6-4-2-1-3-8-5(4)7(11)9-6/h3-5,11H,1-2H2;1-3H,(H,9,10,11). The Morgan fingerprint density at radius 3 is 2.36 bits per heavy atom. The van der Waals surface area contributed by atoms with E-state index in [2.05, 4.69) is 33.4 Å². The molecular formula is C16H12N4O2. The minimum absolute atomic E-state index is 0.220. The minimum Gasteiger partial charge on any atom is -0.354 e. The predicted molar refractivity (Wildman–Crippen MR) is 82.4 cm³/mol. The van der Waals surface area contributed by atoms with Crippen LogP contribution < -0.4 is 16.0 Å². The van der Waals surface area contributed by atoms with Crippen LogP contribution in [-0.4, -0.2) is 26.8 Å². The molecule has 0 radical (unpaired) electrons. The molecule has 0 saturated carbocycles. The number of pyridine rings is 2. The van der Waals surface area contributed by atoms with Crippen molar-refractivity contribution in [3.8, 4) is 0 Å². The summed E-state index contributed by atoms with van der Waals surface area (Å²) in [7, 11) is 0. The highest BCUT2D eigenvalue weighted by molar-refractivity contribution is 6.20. The number of carbonyl (C=O) groups excluding carboxylic acids is 2. The number of aromatic nitrogens is 3. The molecule has 6 heteroatoms. The molecule has 0 aromatic carbocycles. The Morgan fingerprint density at radius 2 is 1.64 bits per heavy atom. The number of amides is 2. The summed E-state index contributed by atoms with van der Waals surface area (Å²) >= 11 is 0. The number of carbonyl (C=O) groups is 2. The number of nitrogens with zero attached hydrogens (tertiary/aromatic N) is 2. The van der Waals surface area contributed by atoms with E-state index in [1.807, 2.05) is 12.1 Å². The first-order valence-corrected chi connectivity index (χ1v) is 6.49. The first kappa shape index (κ1) is 13.7. The van der Waals surface area contributed by atoms with Crippen molar-refractivity contribution in [2.45, 2.75) is 0 Å². The van der Waals surface area contributed by atoms with Gasteiger partial charge in [0.2, 0.25) is 0 Å². The maximum absolute atomic E-state index is 10.9. The molecule has 4 rings (SSSR count). The zero-order valence-corrected chi connectivity index (χ0v) is 11.6. The van der Waals surface area contributed by atoms with Gasteiger partial charge in [0.05, 0.1) is 16.4 Å². The molecule has 0 spiro atoms. The second-order valence-electron chi connectivity index (χ2n) is 4.66. The molecule has 0 unspecified atom stereocenters. The molecule has 1 aliphatic heterocycles. The van der Waals surface area contributed by atoms with Crippen molar-refractivity contribution >= 4 is 35.9 Å². The van der Waals surface area contributed by atoms with E-state index in [9.17, 15) is 9.59 Å². The zero-order chi connectivity index (χ0) is 15.7. The lowest BCUT2D eigenvalue weighted by molar-refractivity contribution is 0.0878. The van der Waals surface area contributed by atoms with Gasteiger partial charge in [-0.2, -0.15) is 0 Å². The van der Waals surface area contributed by atoms with Gasteiger partial charge in [0.25, 0.3) is 11.8 Å². The van der Waals surface area contributed by atoms with Gasteiger partial charge in [0.1, 0.15) is 5.69 Å². The van der Waals surface area contributed by atoms with Crippen molar-refractivity contribution in [3.63, 3.8) is 0 Å². The lowest BCUT2D eigenvalue weighted by Gasteiger charge is -1.87. The van der Waals surface area contributed by atoms with Crippen LogP contribution in [0, 0.1) is 0 Å². The fraction of sp³-hybridized carbons (Fsp3) is 0. The summed E-state index contributed by atoms with van der Waals surface area (Å²) in [5.74, 6) is -0.774. The average Bonchev–Trinajstić information content (AvgIpc) is 2.99. The van der Waals surface area contributed by atoms with Crippen molar-refractivity contribution in [3.05, 3.63) is 58.6 Å². The van der Waals surface area contributed by atoms with Crippen LogP contribution in [0.2, 0.25) is 0 Å². The van der Waals surface area contributed by atoms with E-state index in [4.69, 9.17) is 0 Å². The topological polar surface area (TPSA) is 87.7 Å². The second kappa shape index (κ2) is 5.25. The van der Waals surface area contributed by atoms with Crippen molar-refractivity contribution in [1.29, 1.82) is 0 Å². The third kappa shape index (κ3) is 2.26. The molecule has 6 nitrogen and oxygen atoms in total. The molecule has 3 aromatic heterocycles. The van der Waals surface area contributed by atoms with Gasteiger partial charge < -0.3 is 4.98 Å². The molecule has 0 atom stereocenters. The van der Waals surface area contributed by atoms with Crippen LogP contribution in [0.5, 0.6) is 0 Å². The van der Waals surface area contributed by atoms with E-state index >= 15 is 0 Å². The summed E-state index contributed by atoms with van der Waals surface area (Å²) in [6.45, 7) is 7.65. The van der Waals surface area contributed by atoms with E-state index in [1.54, 1.807) is 18.3 Å². The first-order valence-electron chi connectivity index (χ1n) is 6.49. The van der Waals surface area contributed by atoms with Crippen molar-refractivity contribution in [2.75, 3.05) is 0 Å². The molecule has 0 aliphatic carbocycles. The molecule has 22 heavy (non-hydrogen) atoms. The minimum atomic E-state index is -0.411. The van der Waals surface area contributed by atoms with Crippen molar-refractivity contribution in [2.24, 2.45) is 0 Å². The number of rotatable bonds is 0. The van der Waals surface area contributed by atoms with E-state index in [0.717, 1.165) is 21.6 Å². The Labute approximate surface area is 125 Å². The van der Waals surface area contributed by atoms with Gasteiger partial charge in [0.15, 0.2) is 0 Å². The van der Waals surface area contributed by atoms with Gasteiger partial charge in [-0.3, -0.25) is 24.9 Å². The first-order chi connectivity index (χ1) is 10.6. The lowest BCUT2D eigenvalue weighted by atomic mass is 10.2. The fourth-order valence-corrected chi connectivity index (χ4v) is 2.20. The highest BCUT2D eigenvalue weighted by Crippen LogP contribution is 2.10. The number of fused-ring (bicyclic) bond motifs is 2. The Kier molecular flexibility index (Phi) is 3.27. The van der Waals surface area contributed by atoms with Crippen molar-refractivity contribution in [1.82, 2.24) is 20.3 Å². The fourth-order valence-electron chi connectivity index (χ4n) is 2.20. The molecule has 3 aromatic rings. The largest absolute Gasteiger partial charge is 0.354 e. The Balaban J connectivity index is 0.000000131. The second-order valence-corrected chi connectivity index (χ2v) is 4.66. The number of hydrogen-bond acceptors (Lipinski definition) is 4. The average molecular weight is 292 g/mol. The van der Waals surface area contributed by atoms with E-state index in [1.165, 1.54) is 6.20 Å². The number of hydrogen-bond donors (Lipinski definition) is 2. The maximum atomic E-state index is 10.9. The summed E-state index contributed by atoms with van der Waals surface area (Å²) in [5.41, 5.74) is 1.49. The highest BCUT2D eigenvalue weighted by Gasteiger charge is 2.26. The molecule has 108 valence electrons. The molecule has 0 bridgehead atoms. The quantitative estimate of drug-likeness (QED) is 0.585. The number of aromatic amines is 1. The van der Waals surface area contributed by atoms with Crippen LogP contribution >= 0.6 is 0 Å². The summed E-state index contributed by atoms with van der Waals surface area (Å²) in [5, 5.41) is 4.92. The summed E-state index contributed by atoms with van der Waals surface area (Å²) in [6.07, 6.45) is 3.24. The predicted octanol–water partition coefficient (Wildman–Crippen LogP) is 0.349. The van der Waals surface area contributed by atoms with Crippen LogP contribution in [0.15, 0.2) is 36.7 Å². The highest BCUT2D eigenvalue weighted by atomic mass is 16.2. The Hall–Kier alpha value is -3.28. The SMILES string of the molecule is C=c1[nH]c(=C)c2ncccc12.O=C1NC(=O)c2ncccc21.